The largest absolute Gasteiger partial charge is 0.411 e. The third kappa shape index (κ3) is 5.86. The SMILES string of the molecule is O=S(=O)(CCCCCCc1nonc1/C(Cc1ccc(F)c(Br)c1)=N/O)N1CCC1. The summed E-state index contributed by atoms with van der Waals surface area (Å²) in [5, 5.41) is 20.5. The van der Waals surface area contributed by atoms with Crippen molar-refractivity contribution in [1.29, 1.82) is 0 Å². The van der Waals surface area contributed by atoms with Gasteiger partial charge in [0.25, 0.3) is 0 Å². The van der Waals surface area contributed by atoms with Crippen LogP contribution in [-0.2, 0) is 22.9 Å². The summed E-state index contributed by atoms with van der Waals surface area (Å²) in [6.45, 7) is 1.29. The van der Waals surface area contributed by atoms with Crippen molar-refractivity contribution in [3.8, 4) is 0 Å². The molecule has 11 heteroatoms. The predicted molar refractivity (Wildman–Crippen MR) is 113 cm³/mol. The van der Waals surface area contributed by atoms with Crippen molar-refractivity contribution in [2.45, 2.75) is 44.9 Å². The first kappa shape index (κ1) is 22.8. The van der Waals surface area contributed by atoms with Crippen LogP contribution in [0.15, 0.2) is 32.5 Å². The van der Waals surface area contributed by atoms with Gasteiger partial charge >= 0.3 is 0 Å². The molecule has 0 saturated carbocycles. The van der Waals surface area contributed by atoms with E-state index in [1.807, 2.05) is 0 Å². The Hall–Kier alpha value is -1.85. The average Bonchev–Trinajstić information content (AvgIpc) is 3.12. The third-order valence-electron chi connectivity index (χ3n) is 5.08. The van der Waals surface area contributed by atoms with Gasteiger partial charge in [-0.15, -0.1) is 0 Å². The number of benzene rings is 1. The maximum atomic E-state index is 13.4. The van der Waals surface area contributed by atoms with E-state index in [0.717, 1.165) is 31.2 Å². The van der Waals surface area contributed by atoms with Crippen molar-refractivity contribution in [1.82, 2.24) is 14.6 Å². The molecule has 8 nitrogen and oxygen atoms in total. The number of sulfonamides is 1. The van der Waals surface area contributed by atoms with Crippen molar-refractivity contribution >= 4 is 31.7 Å². The minimum atomic E-state index is -3.09. The molecule has 1 saturated heterocycles. The monoisotopic (exact) mass is 502 g/mol. The van der Waals surface area contributed by atoms with Crippen molar-refractivity contribution in [2.24, 2.45) is 5.16 Å². The van der Waals surface area contributed by atoms with Gasteiger partial charge in [0.05, 0.1) is 10.2 Å². The average molecular weight is 503 g/mol. The van der Waals surface area contributed by atoms with Gasteiger partial charge in [0.1, 0.15) is 17.2 Å². The Morgan fingerprint density at radius 3 is 2.67 bits per heavy atom. The zero-order valence-electron chi connectivity index (χ0n) is 16.4. The molecule has 1 aromatic carbocycles. The smallest absolute Gasteiger partial charge is 0.214 e. The Labute approximate surface area is 183 Å². The molecule has 1 N–H and O–H groups in total. The molecular formula is C19H24BrFN4O4S. The predicted octanol–water partition coefficient (Wildman–Crippen LogP) is 3.53. The summed E-state index contributed by atoms with van der Waals surface area (Å²) < 4.78 is 44.1. The molecule has 2 aromatic rings. The minimum Gasteiger partial charge on any atom is -0.411 e. The van der Waals surface area contributed by atoms with Crippen LogP contribution in [0.5, 0.6) is 0 Å². The lowest BCUT2D eigenvalue weighted by Crippen LogP contribution is -2.43. The third-order valence-corrected chi connectivity index (χ3v) is 7.64. The fourth-order valence-corrected chi connectivity index (χ4v) is 5.29. The number of nitrogens with zero attached hydrogens (tertiary/aromatic N) is 4. The number of aromatic nitrogens is 2. The zero-order chi connectivity index (χ0) is 21.6. The number of hydrogen-bond donors (Lipinski definition) is 1. The van der Waals surface area contributed by atoms with E-state index in [-0.39, 0.29) is 23.7 Å². The van der Waals surface area contributed by atoms with Gasteiger partial charge in [0.2, 0.25) is 10.0 Å². The van der Waals surface area contributed by atoms with Crippen molar-refractivity contribution in [3.63, 3.8) is 0 Å². The number of hydrogen-bond acceptors (Lipinski definition) is 7. The molecule has 0 unspecified atom stereocenters. The van der Waals surface area contributed by atoms with Crippen LogP contribution in [0.3, 0.4) is 0 Å². The lowest BCUT2D eigenvalue weighted by Gasteiger charge is -2.29. The molecule has 0 aliphatic carbocycles. The van der Waals surface area contributed by atoms with Gasteiger partial charge in [-0.1, -0.05) is 29.2 Å². The number of aryl methyl sites for hydroxylation is 1. The Kier molecular flexibility index (Phi) is 7.95. The van der Waals surface area contributed by atoms with Crippen LogP contribution >= 0.6 is 15.9 Å². The summed E-state index contributed by atoms with van der Waals surface area (Å²) in [5.74, 6) is -0.180. The zero-order valence-corrected chi connectivity index (χ0v) is 18.8. The summed E-state index contributed by atoms with van der Waals surface area (Å²) in [6, 6.07) is 4.55. The first-order valence-corrected chi connectivity index (χ1v) is 12.3. The van der Waals surface area contributed by atoms with Crippen LogP contribution in [-0.4, -0.2) is 52.8 Å². The first-order chi connectivity index (χ1) is 14.4. The highest BCUT2D eigenvalue weighted by molar-refractivity contribution is 9.10. The summed E-state index contributed by atoms with van der Waals surface area (Å²) in [7, 11) is -3.09. The van der Waals surface area contributed by atoms with Crippen LogP contribution < -0.4 is 0 Å². The Bertz CT molecular complexity index is 992. The molecule has 0 bridgehead atoms. The maximum Gasteiger partial charge on any atom is 0.214 e. The van der Waals surface area contributed by atoms with E-state index >= 15 is 0 Å². The number of oxime groups is 1. The second-order valence-corrected chi connectivity index (χ2v) is 10.2. The quantitative estimate of drug-likeness (QED) is 0.218. The molecule has 2 heterocycles. The van der Waals surface area contributed by atoms with Crippen LogP contribution in [0, 0.1) is 5.82 Å². The summed E-state index contributed by atoms with van der Waals surface area (Å²) in [5.41, 5.74) is 1.98. The fourth-order valence-electron chi connectivity index (χ4n) is 3.22. The molecule has 164 valence electrons. The van der Waals surface area contributed by atoms with E-state index in [1.165, 1.54) is 10.4 Å². The van der Waals surface area contributed by atoms with Crippen LogP contribution in [0.4, 0.5) is 4.39 Å². The van der Waals surface area contributed by atoms with Gasteiger partial charge in [0, 0.05) is 19.5 Å². The van der Waals surface area contributed by atoms with E-state index in [1.54, 1.807) is 12.1 Å². The fraction of sp³-hybridized carbons (Fsp3) is 0.526. The molecule has 0 radical (unpaired) electrons. The van der Waals surface area contributed by atoms with Crippen molar-refractivity contribution in [2.75, 3.05) is 18.8 Å². The van der Waals surface area contributed by atoms with Gasteiger partial charge in [-0.05, 0) is 64.5 Å². The topological polar surface area (TPSA) is 109 Å². The van der Waals surface area contributed by atoms with Gasteiger partial charge < -0.3 is 5.21 Å². The number of halogens is 2. The Morgan fingerprint density at radius 1 is 1.23 bits per heavy atom. The highest BCUT2D eigenvalue weighted by Crippen LogP contribution is 2.20. The molecule has 1 aliphatic heterocycles. The molecule has 30 heavy (non-hydrogen) atoms. The summed E-state index contributed by atoms with van der Waals surface area (Å²) in [6.07, 6.45) is 4.83. The van der Waals surface area contributed by atoms with Crippen LogP contribution in [0.1, 0.15) is 49.1 Å². The molecular weight excluding hydrogens is 479 g/mol. The summed E-state index contributed by atoms with van der Waals surface area (Å²) >= 11 is 3.14. The number of unbranched alkanes of at least 4 members (excludes halogenated alkanes) is 3. The second-order valence-electron chi connectivity index (χ2n) is 7.26. The van der Waals surface area contributed by atoms with Crippen molar-refractivity contribution in [3.05, 3.63) is 45.4 Å². The minimum absolute atomic E-state index is 0.193. The lowest BCUT2D eigenvalue weighted by atomic mass is 10.0. The van der Waals surface area contributed by atoms with Crippen LogP contribution in [0.2, 0.25) is 0 Å². The standard InChI is InChI=1S/C19H24BrFN4O4S/c20-15-12-14(7-8-16(15)21)13-18(22-26)19-17(23-29-24-19)6-3-1-2-4-11-30(27,28)25-9-5-10-25/h7-8,12,26H,1-6,9-11,13H2/b22-18+. The normalized spacial score (nSPS) is 15.3. The van der Waals surface area contributed by atoms with E-state index in [4.69, 9.17) is 4.63 Å². The molecule has 0 amide bonds. The van der Waals surface area contributed by atoms with Crippen molar-refractivity contribution < 1.29 is 22.6 Å². The molecule has 1 aliphatic rings. The van der Waals surface area contributed by atoms with E-state index < -0.39 is 10.0 Å². The van der Waals surface area contributed by atoms with E-state index in [9.17, 15) is 18.0 Å². The van der Waals surface area contributed by atoms with Gasteiger partial charge in [-0.3, -0.25) is 0 Å². The second kappa shape index (κ2) is 10.5. The first-order valence-electron chi connectivity index (χ1n) is 9.85. The molecule has 0 atom stereocenters. The van der Waals surface area contributed by atoms with E-state index in [2.05, 4.69) is 31.4 Å². The van der Waals surface area contributed by atoms with Gasteiger partial charge in [-0.25, -0.2) is 21.7 Å². The van der Waals surface area contributed by atoms with Gasteiger partial charge in [0.15, 0.2) is 5.69 Å². The maximum absolute atomic E-state index is 13.4. The molecule has 1 fully saturated rings. The molecule has 3 rings (SSSR count). The van der Waals surface area contributed by atoms with E-state index in [0.29, 0.717) is 41.8 Å². The van der Waals surface area contributed by atoms with Gasteiger partial charge in [-0.2, -0.15) is 0 Å². The molecule has 0 spiro atoms. The highest BCUT2D eigenvalue weighted by Gasteiger charge is 2.26. The summed E-state index contributed by atoms with van der Waals surface area (Å²) in [4.78, 5) is 0. The van der Waals surface area contributed by atoms with Crippen LogP contribution in [0.25, 0.3) is 0 Å². The number of rotatable bonds is 11. The lowest BCUT2D eigenvalue weighted by molar-refractivity contribution is 0.300. The molecule has 1 aromatic heterocycles. The Morgan fingerprint density at radius 2 is 2.00 bits per heavy atom. The highest BCUT2D eigenvalue weighted by atomic mass is 79.9. The Balaban J connectivity index is 1.47.